The van der Waals surface area contributed by atoms with Crippen molar-refractivity contribution in [3.05, 3.63) is 29.3 Å². The van der Waals surface area contributed by atoms with E-state index in [1.807, 2.05) is 13.8 Å². The highest BCUT2D eigenvalue weighted by Crippen LogP contribution is 2.14. The Hall–Kier alpha value is -0.630. The molecule has 3 N–H and O–H groups in total. The molecule has 1 aromatic rings. The van der Waals surface area contributed by atoms with Crippen molar-refractivity contribution in [1.82, 2.24) is 15.4 Å². The van der Waals surface area contributed by atoms with Crippen LogP contribution in [0.1, 0.15) is 20.3 Å². The number of sulfone groups is 1. The zero-order chi connectivity index (χ0) is 20.5. The number of hydrogen-bond acceptors (Lipinski definition) is 5. The second kappa shape index (κ2) is 12.8. The number of hydrogen-bond donors (Lipinski definition) is 3. The first-order valence-corrected chi connectivity index (χ1v) is 12.4. The summed E-state index contributed by atoms with van der Waals surface area (Å²) in [4.78, 5) is 4.40. The summed E-state index contributed by atoms with van der Waals surface area (Å²) in [5.41, 5.74) is 0. The number of halogens is 2. The first-order chi connectivity index (χ1) is 12.5. The van der Waals surface area contributed by atoms with Crippen molar-refractivity contribution < 1.29 is 16.8 Å². The van der Waals surface area contributed by atoms with Gasteiger partial charge in [-0.1, -0.05) is 17.7 Å². The molecule has 0 amide bonds. The highest BCUT2D eigenvalue weighted by Gasteiger charge is 2.13. The smallest absolute Gasteiger partial charge is 0.240 e. The minimum atomic E-state index is -3.65. The van der Waals surface area contributed by atoms with Gasteiger partial charge in [-0.05, 0) is 38.5 Å². The van der Waals surface area contributed by atoms with Gasteiger partial charge in [0.1, 0.15) is 9.84 Å². The van der Waals surface area contributed by atoms with E-state index < -0.39 is 19.9 Å². The molecule has 8 nitrogen and oxygen atoms in total. The van der Waals surface area contributed by atoms with E-state index in [0.29, 0.717) is 23.9 Å². The van der Waals surface area contributed by atoms with Crippen LogP contribution >= 0.6 is 35.6 Å². The molecule has 0 heterocycles. The molecule has 0 bridgehead atoms. The monoisotopic (exact) mass is 566 g/mol. The summed E-state index contributed by atoms with van der Waals surface area (Å²) in [6.07, 6.45) is 1.65. The maximum atomic E-state index is 12.2. The highest BCUT2D eigenvalue weighted by atomic mass is 127. The number of benzene rings is 1. The molecule has 0 aliphatic carbocycles. The Morgan fingerprint density at radius 2 is 1.93 bits per heavy atom. The molecule has 12 heteroatoms. The fourth-order valence-corrected chi connectivity index (χ4v) is 4.18. The predicted octanol–water partition coefficient (Wildman–Crippen LogP) is 1.61. The lowest BCUT2D eigenvalue weighted by Gasteiger charge is -2.17. The quantitative estimate of drug-likeness (QED) is 0.172. The average molecular weight is 567 g/mol. The van der Waals surface area contributed by atoms with Gasteiger partial charge in [0.25, 0.3) is 0 Å². The summed E-state index contributed by atoms with van der Waals surface area (Å²) in [5.74, 6) is 0.584. The lowest BCUT2D eigenvalue weighted by Crippen LogP contribution is -2.43. The van der Waals surface area contributed by atoms with E-state index in [1.165, 1.54) is 18.4 Å². The van der Waals surface area contributed by atoms with Crippen molar-refractivity contribution in [2.75, 3.05) is 31.6 Å². The molecule has 0 aliphatic heterocycles. The summed E-state index contributed by atoms with van der Waals surface area (Å²) in [5, 5.41) is 6.49. The number of rotatable bonds is 10. The number of nitrogens with zero attached hydrogens (tertiary/aromatic N) is 1. The summed E-state index contributed by atoms with van der Waals surface area (Å²) in [6.45, 7) is 4.72. The van der Waals surface area contributed by atoms with Gasteiger partial charge in [-0.3, -0.25) is 4.99 Å². The fraction of sp³-hybridized carbons (Fsp3) is 0.562. The van der Waals surface area contributed by atoms with Gasteiger partial charge in [-0.2, -0.15) is 0 Å². The van der Waals surface area contributed by atoms with Gasteiger partial charge in [-0.15, -0.1) is 24.0 Å². The van der Waals surface area contributed by atoms with E-state index in [9.17, 15) is 16.8 Å². The van der Waals surface area contributed by atoms with E-state index >= 15 is 0 Å². The molecule has 1 unspecified atom stereocenters. The van der Waals surface area contributed by atoms with E-state index in [-0.39, 0.29) is 53.8 Å². The molecule has 0 spiro atoms. The first-order valence-electron chi connectivity index (χ1n) is 8.51. The third kappa shape index (κ3) is 11.4. The van der Waals surface area contributed by atoms with Crippen molar-refractivity contribution in [2.24, 2.45) is 4.99 Å². The molecule has 0 aromatic heterocycles. The van der Waals surface area contributed by atoms with Gasteiger partial charge in [-0.25, -0.2) is 21.6 Å². The second-order valence-electron chi connectivity index (χ2n) is 6.08. The molecule has 0 radical (unpaired) electrons. The van der Waals surface area contributed by atoms with E-state index in [2.05, 4.69) is 20.3 Å². The van der Waals surface area contributed by atoms with Crippen LogP contribution in [0.3, 0.4) is 0 Å². The van der Waals surface area contributed by atoms with Gasteiger partial charge >= 0.3 is 0 Å². The Balaban J connectivity index is 0.00000729. The van der Waals surface area contributed by atoms with Crippen molar-refractivity contribution in [3.63, 3.8) is 0 Å². The normalized spacial score (nSPS) is 13.5. The van der Waals surface area contributed by atoms with Crippen molar-refractivity contribution in [2.45, 2.75) is 31.2 Å². The number of nitrogens with one attached hydrogen (secondary N) is 3. The Kier molecular flexibility index (Phi) is 12.5. The molecule has 162 valence electrons. The maximum Gasteiger partial charge on any atom is 0.240 e. The lowest BCUT2D eigenvalue weighted by atomic mass is 10.3. The predicted molar refractivity (Wildman–Crippen MR) is 125 cm³/mol. The van der Waals surface area contributed by atoms with E-state index in [1.54, 1.807) is 12.1 Å². The minimum Gasteiger partial charge on any atom is -0.357 e. The van der Waals surface area contributed by atoms with E-state index in [0.717, 1.165) is 0 Å². The molecular formula is C16H28ClIN4O4S2. The Morgan fingerprint density at radius 3 is 2.50 bits per heavy atom. The zero-order valence-corrected chi connectivity index (χ0v) is 20.8. The average Bonchev–Trinajstić information content (AvgIpc) is 2.56. The SMILES string of the molecule is CCNC(=NCCNS(=O)(=O)c1cccc(Cl)c1)NC(C)CCS(C)(=O)=O.I. The van der Waals surface area contributed by atoms with Gasteiger partial charge < -0.3 is 10.6 Å². The van der Waals surface area contributed by atoms with Crippen LogP contribution in [-0.4, -0.2) is 60.5 Å². The van der Waals surface area contributed by atoms with E-state index in [4.69, 9.17) is 11.6 Å². The highest BCUT2D eigenvalue weighted by molar-refractivity contribution is 14.0. The van der Waals surface area contributed by atoms with Crippen LogP contribution in [0.15, 0.2) is 34.2 Å². The Morgan fingerprint density at radius 1 is 1.25 bits per heavy atom. The van der Waals surface area contributed by atoms with Crippen molar-refractivity contribution in [1.29, 1.82) is 0 Å². The maximum absolute atomic E-state index is 12.2. The molecule has 1 aromatic carbocycles. The second-order valence-corrected chi connectivity index (χ2v) is 10.5. The molecular weight excluding hydrogens is 539 g/mol. The topological polar surface area (TPSA) is 117 Å². The standard InChI is InChI=1S/C16H27ClN4O4S2.HI/c1-4-18-16(21-13(2)8-11-26(3,22)23)19-9-10-20-27(24,25)15-7-5-6-14(17)12-15;/h5-7,12-13,20H,4,8-11H2,1-3H3,(H2,18,19,21);1H. The van der Waals surface area contributed by atoms with Crippen LogP contribution in [0.4, 0.5) is 0 Å². The molecule has 1 rings (SSSR count). The third-order valence-corrected chi connectivity index (χ3v) is 6.10. The number of aliphatic imine (C=N–C) groups is 1. The van der Waals surface area contributed by atoms with Gasteiger partial charge in [0.05, 0.1) is 17.2 Å². The molecule has 0 aliphatic rings. The number of guanidine groups is 1. The van der Waals surface area contributed by atoms with Crippen LogP contribution in [-0.2, 0) is 19.9 Å². The minimum absolute atomic E-state index is 0. The zero-order valence-electron chi connectivity index (χ0n) is 16.1. The van der Waals surface area contributed by atoms with Crippen LogP contribution in [0.5, 0.6) is 0 Å². The summed E-state index contributed by atoms with van der Waals surface area (Å²) in [7, 11) is -6.67. The van der Waals surface area contributed by atoms with Crippen LogP contribution < -0.4 is 15.4 Å². The summed E-state index contributed by atoms with van der Waals surface area (Å²) in [6, 6.07) is 5.92. The molecule has 28 heavy (non-hydrogen) atoms. The Labute approximate surface area is 189 Å². The van der Waals surface area contributed by atoms with Crippen molar-refractivity contribution in [3.8, 4) is 0 Å². The number of sulfonamides is 1. The summed E-state index contributed by atoms with van der Waals surface area (Å²) >= 11 is 5.82. The van der Waals surface area contributed by atoms with Crippen LogP contribution in [0.2, 0.25) is 5.02 Å². The molecule has 0 fully saturated rings. The molecule has 0 saturated carbocycles. The Bertz CT molecular complexity index is 848. The summed E-state index contributed by atoms with van der Waals surface area (Å²) < 4.78 is 49.4. The molecule has 0 saturated heterocycles. The van der Waals surface area contributed by atoms with Crippen molar-refractivity contribution >= 4 is 61.4 Å². The lowest BCUT2D eigenvalue weighted by molar-refractivity contribution is 0.580. The van der Waals surface area contributed by atoms with Gasteiger partial charge in [0, 0.05) is 30.4 Å². The third-order valence-electron chi connectivity index (χ3n) is 3.43. The fourth-order valence-electron chi connectivity index (χ4n) is 2.08. The first kappa shape index (κ1) is 27.4. The van der Waals surface area contributed by atoms with Crippen LogP contribution in [0, 0.1) is 0 Å². The van der Waals surface area contributed by atoms with Gasteiger partial charge in [0.15, 0.2) is 5.96 Å². The van der Waals surface area contributed by atoms with Crippen LogP contribution in [0.25, 0.3) is 0 Å². The molecule has 1 atom stereocenters. The largest absolute Gasteiger partial charge is 0.357 e. The van der Waals surface area contributed by atoms with Gasteiger partial charge in [0.2, 0.25) is 10.0 Å².